The van der Waals surface area contributed by atoms with Crippen molar-refractivity contribution in [1.29, 1.82) is 0 Å². The monoisotopic (exact) mass is 499 g/mol. The summed E-state index contributed by atoms with van der Waals surface area (Å²) in [4.78, 5) is 67.6. The first-order chi connectivity index (χ1) is 16.6. The molecule has 1 amide bonds. The molecule has 0 aromatic heterocycles. The number of amides is 1. The molecule has 10 heteroatoms. The lowest BCUT2D eigenvalue weighted by atomic mass is 9.52. The second-order valence-corrected chi connectivity index (χ2v) is 11.5. The summed E-state index contributed by atoms with van der Waals surface area (Å²) in [6.45, 7) is 5.71. The number of nitrogens with two attached hydrogens (primary N) is 2. The fraction of sp³-hybridized carbons (Fsp3) is 0.577. The molecule has 10 nitrogen and oxygen atoms in total. The van der Waals surface area contributed by atoms with Gasteiger partial charge in [-0.15, -0.1) is 0 Å². The SMILES string of the molecule is CN(C)[C@@H]1C(=O)C(C(N)=O)C(=O)[C@@]2(O)C(=O)C3C(=O)c4c(O)c(C(C)(C)C)cc(CN)c4C[C@H]3C[C@@H]12. The quantitative estimate of drug-likeness (QED) is 0.403. The molecule has 0 saturated heterocycles. The van der Waals surface area contributed by atoms with Gasteiger partial charge in [0.15, 0.2) is 34.7 Å². The summed E-state index contributed by atoms with van der Waals surface area (Å²) < 4.78 is 0. The van der Waals surface area contributed by atoms with E-state index < -0.39 is 69.8 Å². The smallest absolute Gasteiger partial charge is 0.235 e. The van der Waals surface area contributed by atoms with E-state index in [1.54, 1.807) is 20.2 Å². The number of aromatic hydroxyl groups is 1. The number of likely N-dealkylation sites (N-methyl/N-ethyl adjacent to an activating group) is 1. The van der Waals surface area contributed by atoms with E-state index in [0.29, 0.717) is 16.7 Å². The Morgan fingerprint density at radius 2 is 1.78 bits per heavy atom. The Kier molecular flexibility index (Phi) is 6.02. The Bertz CT molecular complexity index is 1210. The molecule has 194 valence electrons. The van der Waals surface area contributed by atoms with Gasteiger partial charge in [0, 0.05) is 18.0 Å². The van der Waals surface area contributed by atoms with Crippen molar-refractivity contribution in [3.63, 3.8) is 0 Å². The molecule has 3 aliphatic carbocycles. The number of ketones is 4. The second kappa shape index (κ2) is 8.29. The highest BCUT2D eigenvalue weighted by molar-refractivity contribution is 6.32. The predicted molar refractivity (Wildman–Crippen MR) is 128 cm³/mol. The van der Waals surface area contributed by atoms with Crippen LogP contribution >= 0.6 is 0 Å². The summed E-state index contributed by atoms with van der Waals surface area (Å²) in [5, 5.41) is 22.8. The number of carbonyl (C=O) groups excluding carboxylic acids is 5. The molecule has 2 fully saturated rings. The third kappa shape index (κ3) is 3.38. The molecule has 3 aliphatic rings. The number of nitrogens with zero attached hydrogens (tertiary/aromatic N) is 1. The van der Waals surface area contributed by atoms with Gasteiger partial charge in [-0.25, -0.2) is 0 Å². The van der Waals surface area contributed by atoms with Crippen LogP contribution in [0.5, 0.6) is 5.75 Å². The van der Waals surface area contributed by atoms with Crippen molar-refractivity contribution in [2.45, 2.75) is 57.2 Å². The summed E-state index contributed by atoms with van der Waals surface area (Å²) in [7, 11) is 3.10. The number of benzene rings is 1. The van der Waals surface area contributed by atoms with Crippen LogP contribution in [0, 0.1) is 23.7 Å². The summed E-state index contributed by atoms with van der Waals surface area (Å²) in [5.74, 6) is -10.5. The molecule has 2 saturated carbocycles. The number of aliphatic hydroxyl groups is 1. The number of primary amides is 1. The van der Waals surface area contributed by atoms with Crippen molar-refractivity contribution in [2.24, 2.45) is 35.1 Å². The van der Waals surface area contributed by atoms with Crippen LogP contribution in [0.15, 0.2) is 6.07 Å². The molecule has 1 aromatic carbocycles. The summed E-state index contributed by atoms with van der Waals surface area (Å²) in [5.41, 5.74) is 9.76. The summed E-state index contributed by atoms with van der Waals surface area (Å²) >= 11 is 0. The molecule has 2 unspecified atom stereocenters. The van der Waals surface area contributed by atoms with Crippen LogP contribution in [0.4, 0.5) is 0 Å². The Morgan fingerprint density at radius 1 is 1.17 bits per heavy atom. The van der Waals surface area contributed by atoms with Gasteiger partial charge in [-0.2, -0.15) is 0 Å². The highest BCUT2D eigenvalue weighted by atomic mass is 16.3. The molecular formula is C26H33N3O7. The molecule has 0 spiro atoms. The minimum atomic E-state index is -2.73. The number of hydrogen-bond donors (Lipinski definition) is 4. The van der Waals surface area contributed by atoms with E-state index >= 15 is 0 Å². The first-order valence-electron chi connectivity index (χ1n) is 12.0. The Balaban J connectivity index is 1.91. The fourth-order valence-electron chi connectivity index (χ4n) is 6.50. The first kappa shape index (κ1) is 26.1. The molecule has 6 atom stereocenters. The van der Waals surface area contributed by atoms with Crippen molar-refractivity contribution in [1.82, 2.24) is 4.90 Å². The van der Waals surface area contributed by atoms with Crippen LogP contribution in [0.3, 0.4) is 0 Å². The van der Waals surface area contributed by atoms with Gasteiger partial charge in [-0.1, -0.05) is 20.8 Å². The Hall–Kier alpha value is -2.95. The molecule has 0 heterocycles. The highest BCUT2D eigenvalue weighted by Crippen LogP contribution is 2.52. The van der Waals surface area contributed by atoms with Gasteiger partial charge in [0.2, 0.25) is 5.91 Å². The molecule has 0 aliphatic heterocycles. The maximum Gasteiger partial charge on any atom is 0.235 e. The van der Waals surface area contributed by atoms with E-state index in [1.807, 2.05) is 20.8 Å². The summed E-state index contributed by atoms with van der Waals surface area (Å²) in [6, 6.07) is 0.647. The fourth-order valence-corrected chi connectivity index (χ4v) is 6.50. The van der Waals surface area contributed by atoms with Crippen LogP contribution in [-0.4, -0.2) is 69.9 Å². The number of phenols is 1. The van der Waals surface area contributed by atoms with Crippen molar-refractivity contribution in [2.75, 3.05) is 14.1 Å². The lowest BCUT2D eigenvalue weighted by molar-refractivity contribution is -0.181. The number of phenolic OH excluding ortho intramolecular Hbond substituents is 1. The predicted octanol–water partition coefficient (Wildman–Crippen LogP) is -0.377. The van der Waals surface area contributed by atoms with Crippen molar-refractivity contribution in [3.05, 3.63) is 28.3 Å². The average Bonchev–Trinajstić information content (AvgIpc) is 2.75. The number of Topliss-reactive ketones (excluding diaryl/α,β-unsaturated/α-hetero) is 4. The van der Waals surface area contributed by atoms with E-state index in [1.165, 1.54) is 4.90 Å². The van der Waals surface area contributed by atoms with Gasteiger partial charge < -0.3 is 21.7 Å². The lowest BCUT2D eigenvalue weighted by Crippen LogP contribution is -2.74. The van der Waals surface area contributed by atoms with Crippen molar-refractivity contribution >= 4 is 29.0 Å². The number of fused-ring (bicyclic) bond motifs is 3. The van der Waals surface area contributed by atoms with Crippen molar-refractivity contribution in [3.8, 4) is 5.75 Å². The second-order valence-electron chi connectivity index (χ2n) is 11.5. The van der Waals surface area contributed by atoms with Gasteiger partial charge in [0.1, 0.15) is 5.75 Å². The normalized spacial score (nSPS) is 32.3. The minimum absolute atomic E-state index is 0.00961. The number of carbonyl (C=O) groups is 5. The maximum atomic E-state index is 13.9. The number of hydrogen-bond acceptors (Lipinski definition) is 9. The van der Waals surface area contributed by atoms with Gasteiger partial charge >= 0.3 is 0 Å². The zero-order chi connectivity index (χ0) is 27.1. The van der Waals surface area contributed by atoms with E-state index in [0.717, 1.165) is 0 Å². The first-order valence-corrected chi connectivity index (χ1v) is 12.0. The van der Waals surface area contributed by atoms with Crippen molar-refractivity contribution < 1.29 is 34.2 Å². The topological polar surface area (TPSA) is 181 Å². The van der Waals surface area contributed by atoms with Crippen LogP contribution in [0.1, 0.15) is 54.2 Å². The third-order valence-electron chi connectivity index (χ3n) is 8.18. The molecule has 1 aromatic rings. The molecule has 4 rings (SSSR count). The minimum Gasteiger partial charge on any atom is -0.507 e. The Morgan fingerprint density at radius 3 is 2.28 bits per heavy atom. The van der Waals surface area contributed by atoms with E-state index in [2.05, 4.69) is 0 Å². The molecule has 6 N–H and O–H groups in total. The largest absolute Gasteiger partial charge is 0.507 e. The molecular weight excluding hydrogens is 466 g/mol. The van der Waals surface area contributed by atoms with Gasteiger partial charge in [-0.05, 0) is 55.5 Å². The maximum absolute atomic E-state index is 13.9. The Labute approximate surface area is 209 Å². The van der Waals surface area contributed by atoms with E-state index in [-0.39, 0.29) is 30.7 Å². The van der Waals surface area contributed by atoms with Gasteiger partial charge in [0.25, 0.3) is 0 Å². The van der Waals surface area contributed by atoms with E-state index in [9.17, 15) is 34.2 Å². The van der Waals surface area contributed by atoms with Gasteiger partial charge in [0.05, 0.1) is 17.5 Å². The molecule has 0 bridgehead atoms. The third-order valence-corrected chi connectivity index (χ3v) is 8.18. The standard InChI is InChI=1S/C26H33N3O7/c1-25(2,3)14-8-11(9-27)12-6-10-7-13-18(29(4)5)21(32)17(24(28)35)23(34)26(13,36)22(33)15(10)20(31)16(12)19(14)30/h8,10,13,15,17-18,30,36H,6-7,9,27H2,1-5H3,(H2,28,35)/t10-,13-,15?,17?,18-,26-/m0/s1. The van der Waals surface area contributed by atoms with Crippen LogP contribution in [0.2, 0.25) is 0 Å². The van der Waals surface area contributed by atoms with Crippen LogP contribution in [-0.2, 0) is 37.6 Å². The highest BCUT2D eigenvalue weighted by Gasteiger charge is 2.69. The zero-order valence-corrected chi connectivity index (χ0v) is 21.1. The average molecular weight is 500 g/mol. The molecule has 0 radical (unpaired) electrons. The number of rotatable bonds is 3. The van der Waals surface area contributed by atoms with E-state index in [4.69, 9.17) is 11.5 Å². The molecule has 36 heavy (non-hydrogen) atoms. The lowest BCUT2D eigenvalue weighted by Gasteiger charge is -2.52. The zero-order valence-electron chi connectivity index (χ0n) is 21.1. The van der Waals surface area contributed by atoms with Crippen LogP contribution in [0.25, 0.3) is 0 Å². The van der Waals surface area contributed by atoms with Gasteiger partial charge in [-0.3, -0.25) is 28.9 Å². The summed E-state index contributed by atoms with van der Waals surface area (Å²) in [6.07, 6.45) is 0.214. The van der Waals surface area contributed by atoms with Crippen LogP contribution < -0.4 is 11.5 Å².